The van der Waals surface area contributed by atoms with E-state index < -0.39 is 12.2 Å². The smallest absolute Gasteiger partial charge is 0.147 e. The summed E-state index contributed by atoms with van der Waals surface area (Å²) < 4.78 is 7.60. The summed E-state index contributed by atoms with van der Waals surface area (Å²) in [7, 11) is -1.14. The van der Waals surface area contributed by atoms with E-state index in [2.05, 4.69) is 50.2 Å². The van der Waals surface area contributed by atoms with E-state index in [1.54, 1.807) is 29.6 Å². The molecule has 7 heteroatoms. The molecule has 0 fully saturated rings. The number of rotatable bonds is 9. The van der Waals surface area contributed by atoms with Gasteiger partial charge in [-0.1, -0.05) is 19.6 Å². The van der Waals surface area contributed by atoms with Gasteiger partial charge in [0.2, 0.25) is 0 Å². The lowest BCUT2D eigenvalue weighted by atomic mass is 10.1. The molecule has 0 aliphatic heterocycles. The van der Waals surface area contributed by atoms with Gasteiger partial charge in [0.05, 0.1) is 11.0 Å². The van der Waals surface area contributed by atoms with Gasteiger partial charge >= 0.3 is 0 Å². The lowest BCUT2D eigenvalue weighted by Gasteiger charge is -2.26. The second-order valence-electron chi connectivity index (χ2n) is 7.97. The Morgan fingerprint density at radius 3 is 2.41 bits per heavy atom. The van der Waals surface area contributed by atoms with Crippen molar-refractivity contribution in [3.63, 3.8) is 0 Å². The monoisotopic (exact) mass is 422 g/mol. The Kier molecular flexibility index (Phi) is 7.45. The summed E-state index contributed by atoms with van der Waals surface area (Å²) >= 11 is 3.18. The Morgan fingerprint density at radius 2 is 1.85 bits per heavy atom. The maximum absolute atomic E-state index is 11.2. The first-order chi connectivity index (χ1) is 12.7. The fourth-order valence-corrected chi connectivity index (χ4v) is 5.27. The van der Waals surface area contributed by atoms with Gasteiger partial charge in [0.25, 0.3) is 0 Å². The Bertz CT molecular complexity index is 848. The normalized spacial score (nSPS) is 12.4. The van der Waals surface area contributed by atoms with Gasteiger partial charge in [-0.3, -0.25) is 0 Å². The lowest BCUT2D eigenvalue weighted by Crippen LogP contribution is -2.24. The number of aryl methyl sites for hydroxylation is 2. The highest BCUT2D eigenvalue weighted by Gasteiger charge is 2.34. The molecule has 0 amide bonds. The minimum atomic E-state index is -1.14. The van der Waals surface area contributed by atoms with E-state index in [4.69, 9.17) is 9.72 Å². The van der Waals surface area contributed by atoms with Crippen LogP contribution in [0.1, 0.15) is 17.0 Å². The van der Waals surface area contributed by atoms with Crippen molar-refractivity contribution < 1.29 is 9.53 Å². The average molecular weight is 423 g/mol. The van der Waals surface area contributed by atoms with Crippen molar-refractivity contribution >= 4 is 48.6 Å². The first-order valence-electron chi connectivity index (χ1n) is 9.05. The standard InChI is InChI=1S/C20H30N2O2S2Si/c1-15-12-17-18(13-16(15)2)22(14-24-10-11-27(5,6)7)19(21-17)20(25-3,26-4)8-9-23/h8,12-13H,10-11,14H2,1-7H3. The second kappa shape index (κ2) is 9.01. The van der Waals surface area contributed by atoms with Crippen LogP contribution in [0.25, 0.3) is 11.0 Å². The van der Waals surface area contributed by atoms with Crippen LogP contribution in [0.4, 0.5) is 0 Å². The molecule has 148 valence electrons. The summed E-state index contributed by atoms with van der Waals surface area (Å²) in [5.74, 6) is 2.82. The molecule has 0 unspecified atom stereocenters. The fourth-order valence-electron chi connectivity index (χ4n) is 2.84. The number of hydrogen-bond donors (Lipinski definition) is 0. The number of ether oxygens (including phenoxy) is 1. The molecule has 1 aromatic heterocycles. The van der Waals surface area contributed by atoms with E-state index in [-0.39, 0.29) is 0 Å². The van der Waals surface area contributed by atoms with Gasteiger partial charge < -0.3 is 9.30 Å². The third-order valence-corrected chi connectivity index (χ3v) is 9.27. The molecule has 0 saturated carbocycles. The van der Waals surface area contributed by atoms with Crippen molar-refractivity contribution in [3.8, 4) is 0 Å². The zero-order valence-electron chi connectivity index (χ0n) is 17.4. The van der Waals surface area contributed by atoms with E-state index in [9.17, 15) is 4.79 Å². The SMILES string of the molecule is CSC(C=C=O)(SC)c1nc2cc(C)c(C)cc2n1COCC[Si](C)(C)C. The molecule has 2 aromatic rings. The van der Waals surface area contributed by atoms with Crippen LogP contribution in [0.2, 0.25) is 25.7 Å². The molecule has 0 radical (unpaired) electrons. The van der Waals surface area contributed by atoms with Crippen molar-refractivity contribution in [2.45, 2.75) is 50.3 Å². The summed E-state index contributed by atoms with van der Waals surface area (Å²) in [5, 5.41) is 0. The fraction of sp³-hybridized carbons (Fsp3) is 0.550. The highest BCUT2D eigenvalue weighted by molar-refractivity contribution is 8.17. The Labute approximate surface area is 172 Å². The highest BCUT2D eigenvalue weighted by Crippen LogP contribution is 2.45. The maximum atomic E-state index is 11.2. The molecule has 0 spiro atoms. The number of carbonyl (C=O) groups excluding carboxylic acids is 1. The Hall–Kier alpha value is -0.983. The first kappa shape index (κ1) is 22.3. The van der Waals surface area contributed by atoms with Crippen LogP contribution in [0.15, 0.2) is 18.2 Å². The van der Waals surface area contributed by atoms with Crippen molar-refractivity contribution in [1.82, 2.24) is 9.55 Å². The van der Waals surface area contributed by atoms with E-state index >= 15 is 0 Å². The number of nitrogens with zero attached hydrogens (tertiary/aromatic N) is 2. The largest absolute Gasteiger partial charge is 0.361 e. The minimum absolute atomic E-state index is 0.439. The summed E-state index contributed by atoms with van der Waals surface area (Å²) in [6, 6.07) is 5.40. The Morgan fingerprint density at radius 1 is 1.22 bits per heavy atom. The van der Waals surface area contributed by atoms with Gasteiger partial charge in [0, 0.05) is 20.8 Å². The lowest BCUT2D eigenvalue weighted by molar-refractivity contribution is 0.0879. The van der Waals surface area contributed by atoms with E-state index in [1.165, 1.54) is 11.1 Å². The zero-order chi connectivity index (χ0) is 20.2. The predicted octanol–water partition coefficient (Wildman–Crippen LogP) is 5.23. The summed E-state index contributed by atoms with van der Waals surface area (Å²) in [4.78, 5) is 16.2. The molecule has 0 atom stereocenters. The average Bonchev–Trinajstić information content (AvgIpc) is 2.94. The molecular formula is C20H30N2O2S2Si. The van der Waals surface area contributed by atoms with Crippen LogP contribution in [-0.2, 0) is 20.3 Å². The second-order valence-corrected chi connectivity index (χ2v) is 16.0. The highest BCUT2D eigenvalue weighted by atomic mass is 32.2. The number of thioether (sulfide) groups is 2. The number of hydrogen-bond acceptors (Lipinski definition) is 5. The van der Waals surface area contributed by atoms with Crippen LogP contribution in [0.5, 0.6) is 0 Å². The number of benzene rings is 1. The Balaban J connectivity index is 2.53. The van der Waals surface area contributed by atoms with Gasteiger partial charge in [0.1, 0.15) is 22.6 Å². The quantitative estimate of drug-likeness (QED) is 0.239. The van der Waals surface area contributed by atoms with Gasteiger partial charge in [0.15, 0.2) is 0 Å². The third kappa shape index (κ3) is 5.09. The van der Waals surface area contributed by atoms with E-state index in [0.717, 1.165) is 29.5 Å². The summed E-state index contributed by atoms with van der Waals surface area (Å²) in [6.45, 7) is 12.4. The first-order valence-corrected chi connectivity index (χ1v) is 15.2. The van der Waals surface area contributed by atoms with Gasteiger partial charge in [-0.15, -0.1) is 23.5 Å². The van der Waals surface area contributed by atoms with Crippen LogP contribution in [-0.4, -0.2) is 42.7 Å². The van der Waals surface area contributed by atoms with Crippen LogP contribution < -0.4 is 0 Å². The number of fused-ring (bicyclic) bond motifs is 1. The van der Waals surface area contributed by atoms with Gasteiger partial charge in [-0.05, 0) is 55.7 Å². The summed E-state index contributed by atoms with van der Waals surface area (Å²) in [6.07, 6.45) is 5.56. The molecule has 27 heavy (non-hydrogen) atoms. The molecule has 0 bridgehead atoms. The van der Waals surface area contributed by atoms with Crippen LogP contribution >= 0.6 is 23.5 Å². The van der Waals surface area contributed by atoms with Gasteiger partial charge in [-0.2, -0.15) is 0 Å². The van der Waals surface area contributed by atoms with Crippen molar-refractivity contribution in [3.05, 3.63) is 35.2 Å². The van der Waals surface area contributed by atoms with Crippen molar-refractivity contribution in [1.29, 1.82) is 0 Å². The number of aromatic nitrogens is 2. The van der Waals surface area contributed by atoms with Gasteiger partial charge in [-0.25, -0.2) is 9.78 Å². The number of imidazole rings is 1. The molecule has 0 N–H and O–H groups in total. The molecule has 1 heterocycles. The summed E-state index contributed by atoms with van der Waals surface area (Å²) in [5.41, 5.74) is 4.42. The third-order valence-electron chi connectivity index (χ3n) is 4.75. The molecule has 0 saturated heterocycles. The maximum Gasteiger partial charge on any atom is 0.147 e. The molecular weight excluding hydrogens is 392 g/mol. The van der Waals surface area contributed by atoms with Crippen molar-refractivity contribution in [2.24, 2.45) is 0 Å². The van der Waals surface area contributed by atoms with Crippen LogP contribution in [0, 0.1) is 13.8 Å². The molecule has 0 aliphatic rings. The van der Waals surface area contributed by atoms with Crippen molar-refractivity contribution in [2.75, 3.05) is 19.1 Å². The van der Waals surface area contributed by atoms with E-state index in [1.807, 2.05) is 18.5 Å². The minimum Gasteiger partial charge on any atom is -0.361 e. The molecule has 2 rings (SSSR count). The van der Waals surface area contributed by atoms with E-state index in [0.29, 0.717) is 6.73 Å². The predicted molar refractivity (Wildman–Crippen MR) is 122 cm³/mol. The van der Waals surface area contributed by atoms with Crippen LogP contribution in [0.3, 0.4) is 0 Å². The molecule has 0 aliphatic carbocycles. The molecule has 1 aromatic carbocycles. The zero-order valence-corrected chi connectivity index (χ0v) is 20.0. The molecule has 4 nitrogen and oxygen atoms in total. The topological polar surface area (TPSA) is 44.1 Å².